The number of carboxylic acids is 1. The first kappa shape index (κ1) is 15.5. The summed E-state index contributed by atoms with van der Waals surface area (Å²) in [6, 6.07) is 7.64. The molecule has 0 bridgehead atoms. The number of aromatic nitrogens is 1. The topological polar surface area (TPSA) is 53.4 Å². The number of nitrogens with zero attached hydrogens (tertiary/aromatic N) is 2. The summed E-state index contributed by atoms with van der Waals surface area (Å²) in [5, 5.41) is 11.0. The molecule has 0 spiro atoms. The predicted octanol–water partition coefficient (Wildman–Crippen LogP) is 3.76. The average molecular weight is 337 g/mol. The van der Waals surface area contributed by atoms with E-state index in [2.05, 4.69) is 9.88 Å². The molecule has 1 aromatic heterocycles. The van der Waals surface area contributed by atoms with Gasteiger partial charge in [0.1, 0.15) is 5.01 Å². The predicted molar refractivity (Wildman–Crippen MR) is 88.2 cm³/mol. The van der Waals surface area contributed by atoms with E-state index >= 15 is 0 Å². The van der Waals surface area contributed by atoms with Crippen LogP contribution in [0.1, 0.15) is 18.2 Å². The Morgan fingerprint density at radius 1 is 1.45 bits per heavy atom. The normalized spacial score (nSPS) is 22.1. The number of thiazole rings is 1. The second-order valence-electron chi connectivity index (χ2n) is 5.97. The Labute approximate surface area is 138 Å². The maximum Gasteiger partial charge on any atom is 0.310 e. The molecule has 0 amide bonds. The number of hydrogen-bond donors (Lipinski definition) is 1. The third-order valence-corrected chi connectivity index (χ3v) is 5.38. The molecular weight excluding hydrogens is 320 g/mol. The van der Waals surface area contributed by atoms with Gasteiger partial charge < -0.3 is 5.11 Å². The Kier molecular flexibility index (Phi) is 4.21. The molecule has 1 N–H and O–H groups in total. The van der Waals surface area contributed by atoms with Crippen LogP contribution in [0.25, 0.3) is 10.6 Å². The lowest BCUT2D eigenvalue weighted by Crippen LogP contribution is -2.31. The van der Waals surface area contributed by atoms with E-state index < -0.39 is 11.4 Å². The first-order chi connectivity index (χ1) is 10.5. The molecule has 2 heterocycles. The van der Waals surface area contributed by atoms with Gasteiger partial charge in [0, 0.05) is 34.7 Å². The smallest absolute Gasteiger partial charge is 0.310 e. The summed E-state index contributed by atoms with van der Waals surface area (Å²) in [5.41, 5.74) is 0.432. The van der Waals surface area contributed by atoms with Crippen LogP contribution >= 0.6 is 22.9 Å². The Hall–Kier alpha value is -1.43. The minimum absolute atomic E-state index is 0.594. The zero-order valence-corrected chi connectivity index (χ0v) is 13.8. The van der Waals surface area contributed by atoms with Crippen LogP contribution in [0.3, 0.4) is 0 Å². The molecule has 1 saturated heterocycles. The Bertz CT molecular complexity index is 686. The molecule has 6 heteroatoms. The van der Waals surface area contributed by atoms with Crippen molar-refractivity contribution in [3.05, 3.63) is 40.4 Å². The van der Waals surface area contributed by atoms with Crippen molar-refractivity contribution >= 4 is 28.9 Å². The third-order valence-electron chi connectivity index (χ3n) is 4.09. The molecule has 1 unspecified atom stereocenters. The maximum atomic E-state index is 11.3. The molecule has 116 valence electrons. The van der Waals surface area contributed by atoms with Crippen molar-refractivity contribution in [2.45, 2.75) is 19.9 Å². The molecule has 0 aliphatic carbocycles. The van der Waals surface area contributed by atoms with Gasteiger partial charge in [-0.15, -0.1) is 11.3 Å². The van der Waals surface area contributed by atoms with Gasteiger partial charge in [-0.25, -0.2) is 4.98 Å². The van der Waals surface area contributed by atoms with Gasteiger partial charge in [0.15, 0.2) is 0 Å². The molecule has 22 heavy (non-hydrogen) atoms. The van der Waals surface area contributed by atoms with Gasteiger partial charge in [-0.1, -0.05) is 23.7 Å². The number of carboxylic acid groups (broad SMARTS) is 1. The lowest BCUT2D eigenvalue weighted by atomic mass is 9.90. The first-order valence-corrected chi connectivity index (χ1v) is 8.32. The van der Waals surface area contributed by atoms with Crippen LogP contribution in [0.5, 0.6) is 0 Å². The quantitative estimate of drug-likeness (QED) is 0.923. The summed E-state index contributed by atoms with van der Waals surface area (Å²) >= 11 is 7.54. The largest absolute Gasteiger partial charge is 0.481 e. The fourth-order valence-corrected chi connectivity index (χ4v) is 3.78. The zero-order chi connectivity index (χ0) is 15.7. The van der Waals surface area contributed by atoms with E-state index in [-0.39, 0.29) is 0 Å². The van der Waals surface area contributed by atoms with Crippen molar-refractivity contribution < 1.29 is 9.90 Å². The zero-order valence-electron chi connectivity index (χ0n) is 12.3. The van der Waals surface area contributed by atoms with E-state index in [9.17, 15) is 9.90 Å². The van der Waals surface area contributed by atoms with Gasteiger partial charge in [0.2, 0.25) is 0 Å². The molecule has 0 radical (unpaired) electrons. The first-order valence-electron chi connectivity index (χ1n) is 7.13. The van der Waals surface area contributed by atoms with Gasteiger partial charge in [-0.3, -0.25) is 9.69 Å². The van der Waals surface area contributed by atoms with Crippen LogP contribution < -0.4 is 0 Å². The van der Waals surface area contributed by atoms with Crippen molar-refractivity contribution in [1.29, 1.82) is 0 Å². The fraction of sp³-hybridized carbons (Fsp3) is 0.375. The lowest BCUT2D eigenvalue weighted by Gasteiger charge is -2.19. The van der Waals surface area contributed by atoms with E-state index in [0.717, 1.165) is 28.5 Å². The van der Waals surface area contributed by atoms with E-state index in [4.69, 9.17) is 11.6 Å². The number of halogens is 1. The summed E-state index contributed by atoms with van der Waals surface area (Å²) < 4.78 is 0. The molecule has 1 aliphatic rings. The number of rotatable bonds is 4. The second-order valence-corrected chi connectivity index (χ2v) is 7.52. The summed E-state index contributed by atoms with van der Waals surface area (Å²) in [4.78, 5) is 19.1. The van der Waals surface area contributed by atoms with E-state index in [1.807, 2.05) is 37.4 Å². The minimum atomic E-state index is -0.707. The van der Waals surface area contributed by atoms with Gasteiger partial charge in [-0.2, -0.15) is 0 Å². The second kappa shape index (κ2) is 5.99. The van der Waals surface area contributed by atoms with Crippen LogP contribution in [0.15, 0.2) is 30.5 Å². The van der Waals surface area contributed by atoms with Crippen molar-refractivity contribution in [3.63, 3.8) is 0 Å². The minimum Gasteiger partial charge on any atom is -0.481 e. The molecule has 3 rings (SSSR count). The molecular formula is C16H17ClN2O2S. The highest BCUT2D eigenvalue weighted by Gasteiger charge is 2.40. The highest BCUT2D eigenvalue weighted by molar-refractivity contribution is 7.15. The van der Waals surface area contributed by atoms with Crippen LogP contribution in [0.2, 0.25) is 5.02 Å². The Morgan fingerprint density at radius 2 is 2.18 bits per heavy atom. The number of hydrogen-bond acceptors (Lipinski definition) is 4. The number of aliphatic carboxylic acids is 1. The highest BCUT2D eigenvalue weighted by Crippen LogP contribution is 2.33. The van der Waals surface area contributed by atoms with Crippen LogP contribution in [-0.4, -0.2) is 34.0 Å². The van der Waals surface area contributed by atoms with Crippen LogP contribution in [0, 0.1) is 5.41 Å². The molecule has 0 saturated carbocycles. The Morgan fingerprint density at radius 3 is 2.82 bits per heavy atom. The summed E-state index contributed by atoms with van der Waals surface area (Å²) in [5.74, 6) is -0.707. The standard InChI is InChI=1S/C16H17ClN2O2S/c1-16(15(20)21)6-7-19(10-16)9-13-8-18-14(22-13)11-2-4-12(17)5-3-11/h2-5,8H,6-7,9-10H2,1H3,(H,20,21). The van der Waals surface area contributed by atoms with Crippen molar-refractivity contribution in [2.24, 2.45) is 5.41 Å². The van der Waals surface area contributed by atoms with E-state index in [1.54, 1.807) is 11.3 Å². The van der Waals surface area contributed by atoms with Crippen molar-refractivity contribution in [2.75, 3.05) is 13.1 Å². The highest BCUT2D eigenvalue weighted by atomic mass is 35.5. The van der Waals surface area contributed by atoms with Crippen LogP contribution in [-0.2, 0) is 11.3 Å². The van der Waals surface area contributed by atoms with E-state index in [0.29, 0.717) is 18.0 Å². The molecule has 1 atom stereocenters. The number of likely N-dealkylation sites (tertiary alicyclic amines) is 1. The summed E-state index contributed by atoms with van der Waals surface area (Å²) in [7, 11) is 0. The maximum absolute atomic E-state index is 11.3. The van der Waals surface area contributed by atoms with E-state index in [1.165, 1.54) is 0 Å². The van der Waals surface area contributed by atoms with Gasteiger partial charge in [0.25, 0.3) is 0 Å². The van der Waals surface area contributed by atoms with Gasteiger partial charge in [-0.05, 0) is 32.0 Å². The fourth-order valence-electron chi connectivity index (χ4n) is 2.69. The molecule has 1 fully saturated rings. The average Bonchev–Trinajstić information content (AvgIpc) is 3.08. The molecule has 1 aliphatic heterocycles. The van der Waals surface area contributed by atoms with Gasteiger partial charge >= 0.3 is 5.97 Å². The van der Waals surface area contributed by atoms with Gasteiger partial charge in [0.05, 0.1) is 5.41 Å². The monoisotopic (exact) mass is 336 g/mol. The third kappa shape index (κ3) is 3.16. The number of benzene rings is 1. The van der Waals surface area contributed by atoms with Crippen LogP contribution in [0.4, 0.5) is 0 Å². The summed E-state index contributed by atoms with van der Waals surface area (Å²) in [6.45, 7) is 3.99. The van der Waals surface area contributed by atoms with Crippen molar-refractivity contribution in [3.8, 4) is 10.6 Å². The number of carbonyl (C=O) groups is 1. The molecule has 2 aromatic rings. The Balaban J connectivity index is 1.68. The lowest BCUT2D eigenvalue weighted by molar-refractivity contribution is -0.147. The molecule has 1 aromatic carbocycles. The molecule has 4 nitrogen and oxygen atoms in total. The SMILES string of the molecule is CC1(C(=O)O)CCN(Cc2cnc(-c3ccc(Cl)cc3)s2)C1. The van der Waals surface area contributed by atoms with Crippen molar-refractivity contribution in [1.82, 2.24) is 9.88 Å². The summed E-state index contributed by atoms with van der Waals surface area (Å²) in [6.07, 6.45) is 2.58.